The normalized spacial score (nSPS) is 10.4. The van der Waals surface area contributed by atoms with Crippen molar-refractivity contribution < 1.29 is 14.3 Å². The summed E-state index contributed by atoms with van der Waals surface area (Å²) in [7, 11) is 1.36. The molecule has 0 saturated carbocycles. The summed E-state index contributed by atoms with van der Waals surface area (Å²) in [5.41, 5.74) is 2.29. The van der Waals surface area contributed by atoms with Crippen molar-refractivity contribution in [1.29, 1.82) is 0 Å². The molecule has 0 aliphatic heterocycles. The van der Waals surface area contributed by atoms with Gasteiger partial charge in [-0.2, -0.15) is 0 Å². The molecule has 0 N–H and O–H groups in total. The Hall–Kier alpha value is -2.95. The molecule has 2 aromatic carbocycles. The Balaban J connectivity index is 1.75. The third-order valence-electron chi connectivity index (χ3n) is 3.26. The molecule has 0 spiro atoms. The highest BCUT2D eigenvalue weighted by molar-refractivity contribution is 5.89. The molecule has 0 bridgehead atoms. The van der Waals surface area contributed by atoms with Crippen molar-refractivity contribution in [3.63, 3.8) is 0 Å². The van der Waals surface area contributed by atoms with Gasteiger partial charge in [-0.3, -0.25) is 0 Å². The van der Waals surface area contributed by atoms with Crippen LogP contribution in [0.2, 0.25) is 0 Å². The Labute approximate surface area is 127 Å². The number of carbonyl (C=O) groups excluding carboxylic acids is 1. The zero-order chi connectivity index (χ0) is 15.4. The number of hydrogen-bond donors (Lipinski definition) is 0. The van der Waals surface area contributed by atoms with Gasteiger partial charge in [-0.1, -0.05) is 24.3 Å². The number of para-hydroxylation sites is 1. The largest absolute Gasteiger partial charge is 0.472 e. The van der Waals surface area contributed by atoms with Crippen LogP contribution in [0, 0.1) is 0 Å². The fourth-order valence-electron chi connectivity index (χ4n) is 2.10. The molecule has 0 saturated heterocycles. The first-order valence-electron chi connectivity index (χ1n) is 6.78. The van der Waals surface area contributed by atoms with Crippen LogP contribution >= 0.6 is 0 Å². The average molecular weight is 294 g/mol. The zero-order valence-corrected chi connectivity index (χ0v) is 12.0. The average Bonchev–Trinajstić information content (AvgIpc) is 2.59. The van der Waals surface area contributed by atoms with Crippen molar-refractivity contribution in [3.8, 4) is 5.88 Å². The van der Waals surface area contributed by atoms with E-state index in [0.717, 1.165) is 16.5 Å². The highest BCUT2D eigenvalue weighted by Gasteiger charge is 2.06. The van der Waals surface area contributed by atoms with Crippen LogP contribution in [0.25, 0.3) is 10.9 Å². The molecule has 0 aliphatic rings. The zero-order valence-electron chi connectivity index (χ0n) is 12.0. The number of methoxy groups -OCH3 is 1. The Morgan fingerprint density at radius 2 is 1.82 bits per heavy atom. The predicted octanol–water partition coefficient (Wildman–Crippen LogP) is 3.00. The van der Waals surface area contributed by atoms with E-state index in [-0.39, 0.29) is 5.97 Å². The standard InChI is InChI=1S/C17H14N2O3/c1-21-17(20)13-8-6-12(7-9-13)10-22-16-14-4-2-3-5-15(14)18-11-19-16/h2-9,11H,10H2,1H3. The van der Waals surface area contributed by atoms with Crippen molar-refractivity contribution in [2.75, 3.05) is 7.11 Å². The summed E-state index contributed by atoms with van der Waals surface area (Å²) in [5.74, 6) is 0.192. The summed E-state index contributed by atoms with van der Waals surface area (Å²) in [6, 6.07) is 14.8. The molecule has 0 amide bonds. The van der Waals surface area contributed by atoms with Gasteiger partial charge < -0.3 is 9.47 Å². The Kier molecular flexibility index (Phi) is 3.96. The maximum absolute atomic E-state index is 11.4. The fraction of sp³-hybridized carbons (Fsp3) is 0.118. The van der Waals surface area contributed by atoms with E-state index in [1.54, 1.807) is 12.1 Å². The molecule has 5 nitrogen and oxygen atoms in total. The monoisotopic (exact) mass is 294 g/mol. The summed E-state index contributed by atoms with van der Waals surface area (Å²) < 4.78 is 10.4. The predicted molar refractivity (Wildman–Crippen MR) is 81.7 cm³/mol. The summed E-state index contributed by atoms with van der Waals surface area (Å²) >= 11 is 0. The molecule has 0 unspecified atom stereocenters. The first-order chi connectivity index (χ1) is 10.8. The summed E-state index contributed by atoms with van der Waals surface area (Å²) in [5, 5.41) is 0.871. The summed E-state index contributed by atoms with van der Waals surface area (Å²) in [6.07, 6.45) is 1.48. The fourth-order valence-corrected chi connectivity index (χ4v) is 2.10. The van der Waals surface area contributed by atoms with E-state index in [1.165, 1.54) is 13.4 Å². The van der Waals surface area contributed by atoms with Crippen LogP contribution in [0.1, 0.15) is 15.9 Å². The highest BCUT2D eigenvalue weighted by atomic mass is 16.5. The number of esters is 1. The molecular weight excluding hydrogens is 280 g/mol. The lowest BCUT2D eigenvalue weighted by Gasteiger charge is -2.08. The number of ether oxygens (including phenoxy) is 2. The van der Waals surface area contributed by atoms with E-state index < -0.39 is 0 Å². The van der Waals surface area contributed by atoms with Gasteiger partial charge in [-0.05, 0) is 29.8 Å². The van der Waals surface area contributed by atoms with Crippen LogP contribution in [-0.4, -0.2) is 23.0 Å². The molecule has 110 valence electrons. The number of rotatable bonds is 4. The van der Waals surface area contributed by atoms with Crippen LogP contribution in [0.15, 0.2) is 54.9 Å². The molecule has 5 heteroatoms. The Bertz CT molecular complexity index is 795. The minimum Gasteiger partial charge on any atom is -0.472 e. The van der Waals surface area contributed by atoms with Crippen molar-refractivity contribution >= 4 is 16.9 Å². The van der Waals surface area contributed by atoms with Gasteiger partial charge in [0.05, 0.1) is 23.6 Å². The summed E-state index contributed by atoms with van der Waals surface area (Å²) in [4.78, 5) is 19.7. The number of hydrogen-bond acceptors (Lipinski definition) is 5. The van der Waals surface area contributed by atoms with E-state index in [1.807, 2.05) is 36.4 Å². The third-order valence-corrected chi connectivity index (χ3v) is 3.26. The quantitative estimate of drug-likeness (QED) is 0.692. The van der Waals surface area contributed by atoms with E-state index in [9.17, 15) is 4.79 Å². The molecule has 22 heavy (non-hydrogen) atoms. The third kappa shape index (κ3) is 2.88. The van der Waals surface area contributed by atoms with Gasteiger partial charge in [0, 0.05) is 0 Å². The number of benzene rings is 2. The maximum Gasteiger partial charge on any atom is 0.337 e. The topological polar surface area (TPSA) is 61.3 Å². The number of carbonyl (C=O) groups is 1. The highest BCUT2D eigenvalue weighted by Crippen LogP contribution is 2.21. The van der Waals surface area contributed by atoms with Gasteiger partial charge in [0.2, 0.25) is 5.88 Å². The second-order valence-electron chi connectivity index (χ2n) is 4.67. The minimum absolute atomic E-state index is 0.353. The lowest BCUT2D eigenvalue weighted by Crippen LogP contribution is -2.02. The molecular formula is C17H14N2O3. The van der Waals surface area contributed by atoms with Crippen molar-refractivity contribution in [2.24, 2.45) is 0 Å². The van der Waals surface area contributed by atoms with E-state index in [2.05, 4.69) is 14.7 Å². The Morgan fingerprint density at radius 3 is 2.59 bits per heavy atom. The SMILES string of the molecule is COC(=O)c1ccc(COc2ncnc3ccccc23)cc1. The van der Waals surface area contributed by atoms with Crippen LogP contribution in [0.5, 0.6) is 5.88 Å². The molecule has 0 aliphatic carbocycles. The van der Waals surface area contributed by atoms with Crippen molar-refractivity contribution in [3.05, 3.63) is 66.0 Å². The lowest BCUT2D eigenvalue weighted by atomic mass is 10.1. The number of aromatic nitrogens is 2. The molecule has 3 rings (SSSR count). The van der Waals surface area contributed by atoms with E-state index >= 15 is 0 Å². The smallest absolute Gasteiger partial charge is 0.337 e. The molecule has 0 radical (unpaired) electrons. The van der Waals surface area contributed by atoms with Gasteiger partial charge in [0.25, 0.3) is 0 Å². The number of nitrogens with zero attached hydrogens (tertiary/aromatic N) is 2. The second-order valence-corrected chi connectivity index (χ2v) is 4.67. The molecule has 1 heterocycles. The van der Waals surface area contributed by atoms with Crippen LogP contribution in [0.4, 0.5) is 0 Å². The van der Waals surface area contributed by atoms with Gasteiger partial charge in [-0.15, -0.1) is 0 Å². The lowest BCUT2D eigenvalue weighted by molar-refractivity contribution is 0.0600. The number of fused-ring (bicyclic) bond motifs is 1. The Morgan fingerprint density at radius 1 is 1.05 bits per heavy atom. The van der Waals surface area contributed by atoms with Gasteiger partial charge in [0.15, 0.2) is 0 Å². The van der Waals surface area contributed by atoms with Gasteiger partial charge >= 0.3 is 5.97 Å². The van der Waals surface area contributed by atoms with Crippen LogP contribution in [-0.2, 0) is 11.3 Å². The first-order valence-corrected chi connectivity index (χ1v) is 6.78. The van der Waals surface area contributed by atoms with Crippen LogP contribution in [0.3, 0.4) is 0 Å². The van der Waals surface area contributed by atoms with Crippen molar-refractivity contribution in [2.45, 2.75) is 6.61 Å². The second kappa shape index (κ2) is 6.22. The maximum atomic E-state index is 11.4. The molecule has 0 fully saturated rings. The first kappa shape index (κ1) is 14.0. The van der Waals surface area contributed by atoms with Gasteiger partial charge in [0.1, 0.15) is 12.9 Å². The molecule has 0 atom stereocenters. The van der Waals surface area contributed by atoms with Gasteiger partial charge in [-0.25, -0.2) is 14.8 Å². The van der Waals surface area contributed by atoms with Crippen LogP contribution < -0.4 is 4.74 Å². The molecule has 1 aromatic heterocycles. The van der Waals surface area contributed by atoms with E-state index in [4.69, 9.17) is 4.74 Å². The van der Waals surface area contributed by atoms with Crippen molar-refractivity contribution in [1.82, 2.24) is 9.97 Å². The molecule has 3 aromatic rings. The summed E-state index contributed by atoms with van der Waals surface area (Å²) in [6.45, 7) is 0.364. The minimum atomic E-state index is -0.353. The van der Waals surface area contributed by atoms with E-state index in [0.29, 0.717) is 18.1 Å².